The van der Waals surface area contributed by atoms with E-state index in [1.165, 1.54) is 0 Å². The minimum atomic E-state index is -0.316. The highest BCUT2D eigenvalue weighted by atomic mass is 32.2. The van der Waals surface area contributed by atoms with E-state index in [0.29, 0.717) is 48.1 Å². The maximum absolute atomic E-state index is 15.1. The summed E-state index contributed by atoms with van der Waals surface area (Å²) in [5.74, 6) is 0.295. The molecule has 0 saturated carbocycles. The van der Waals surface area contributed by atoms with Crippen LogP contribution in [0.25, 0.3) is 11.3 Å². The van der Waals surface area contributed by atoms with Gasteiger partial charge in [0.05, 0.1) is 11.6 Å². The molecule has 5 nitrogen and oxygen atoms in total. The van der Waals surface area contributed by atoms with Gasteiger partial charge in [-0.15, -0.1) is 11.8 Å². The topological polar surface area (TPSA) is 66.0 Å². The molecule has 7 heteroatoms. The van der Waals surface area contributed by atoms with Gasteiger partial charge >= 0.3 is 0 Å². The molecule has 0 atom stereocenters. The lowest BCUT2D eigenvalue weighted by Gasteiger charge is -2.24. The molecule has 0 aliphatic heterocycles. The number of thioether (sulfide) groups is 1. The van der Waals surface area contributed by atoms with Crippen molar-refractivity contribution in [2.24, 2.45) is 15.7 Å². The Balaban J connectivity index is 2.02. The minimum absolute atomic E-state index is 0.316. The summed E-state index contributed by atoms with van der Waals surface area (Å²) in [4.78, 5) is 11.4. The Hall–Kier alpha value is -3.58. The Labute approximate surface area is 238 Å². The summed E-state index contributed by atoms with van der Waals surface area (Å²) < 4.78 is 15.1. The lowest BCUT2D eigenvalue weighted by Crippen LogP contribution is -2.25. The number of benzene rings is 2. The molecule has 0 aromatic heterocycles. The molecule has 0 spiro atoms. The molecule has 0 fully saturated rings. The van der Waals surface area contributed by atoms with Crippen LogP contribution < -0.4 is 16.0 Å². The van der Waals surface area contributed by atoms with Crippen LogP contribution in [0.2, 0.25) is 0 Å². The number of hydrogen-bond acceptors (Lipinski definition) is 6. The van der Waals surface area contributed by atoms with Crippen molar-refractivity contribution < 1.29 is 4.39 Å². The highest BCUT2D eigenvalue weighted by Gasteiger charge is 2.12. The van der Waals surface area contributed by atoms with Crippen molar-refractivity contribution in [2.75, 3.05) is 24.4 Å². The summed E-state index contributed by atoms with van der Waals surface area (Å²) in [5, 5.41) is 3.33. The number of nitrogens with one attached hydrogen (secondary N) is 1. The molecule has 208 valence electrons. The molecule has 0 heterocycles. The molecule has 0 unspecified atom stereocenters. The zero-order valence-electron chi connectivity index (χ0n) is 23.9. The van der Waals surface area contributed by atoms with Crippen LogP contribution in [0, 0.1) is 5.82 Å². The van der Waals surface area contributed by atoms with Gasteiger partial charge in [-0.05, 0) is 71.3 Å². The van der Waals surface area contributed by atoms with Gasteiger partial charge in [-0.1, -0.05) is 43.0 Å². The van der Waals surface area contributed by atoms with Crippen LogP contribution in [0.1, 0.15) is 50.8 Å². The number of halogens is 1. The quantitative estimate of drug-likeness (QED) is 0.105. The third-order valence-electron chi connectivity index (χ3n) is 6.42. The van der Waals surface area contributed by atoms with Gasteiger partial charge in [0, 0.05) is 64.7 Å². The van der Waals surface area contributed by atoms with E-state index in [-0.39, 0.29) is 5.82 Å². The third kappa shape index (κ3) is 9.29. The molecule has 0 bridgehead atoms. The van der Waals surface area contributed by atoms with Crippen LogP contribution in [0.5, 0.6) is 0 Å². The molecule has 39 heavy (non-hydrogen) atoms. The van der Waals surface area contributed by atoms with Gasteiger partial charge in [-0.2, -0.15) is 0 Å². The van der Waals surface area contributed by atoms with Crippen LogP contribution in [0.15, 0.2) is 87.5 Å². The van der Waals surface area contributed by atoms with E-state index < -0.39 is 0 Å². The highest BCUT2D eigenvalue weighted by Crippen LogP contribution is 2.29. The molecule has 0 saturated heterocycles. The van der Waals surface area contributed by atoms with Crippen molar-refractivity contribution >= 4 is 42.2 Å². The maximum atomic E-state index is 15.1. The number of anilines is 1. The first-order valence-electron chi connectivity index (χ1n) is 13.0. The fourth-order valence-corrected chi connectivity index (χ4v) is 4.72. The molecule has 2 rings (SSSR count). The highest BCUT2D eigenvalue weighted by molar-refractivity contribution is 8.03. The minimum Gasteiger partial charge on any atom is -0.399 e. The second-order valence-electron chi connectivity index (χ2n) is 9.47. The SMILES string of the molecule is C=NCC/C=C(/C(N)=C/C)c1ccc(CC(=C)NCS/C(C)=C(\N=C)c2ccc(N(C)C(C)C)cc2)cc1F. The Morgan fingerprint density at radius 2 is 1.87 bits per heavy atom. The van der Waals surface area contributed by atoms with Gasteiger partial charge in [-0.25, -0.2) is 4.39 Å². The lowest BCUT2D eigenvalue weighted by molar-refractivity contribution is 0.621. The summed E-state index contributed by atoms with van der Waals surface area (Å²) in [6.45, 7) is 20.2. The zero-order valence-corrected chi connectivity index (χ0v) is 24.7. The Morgan fingerprint density at radius 1 is 1.18 bits per heavy atom. The molecule has 0 aliphatic rings. The smallest absolute Gasteiger partial charge is 0.131 e. The number of nitrogens with zero attached hydrogens (tertiary/aromatic N) is 3. The van der Waals surface area contributed by atoms with Crippen LogP contribution in [-0.2, 0) is 6.42 Å². The number of rotatable bonds is 15. The normalized spacial score (nSPS) is 12.7. The molecular formula is C32H42FN5S. The van der Waals surface area contributed by atoms with Gasteiger partial charge in [0.15, 0.2) is 0 Å². The average molecular weight is 548 g/mol. The predicted molar refractivity (Wildman–Crippen MR) is 172 cm³/mol. The molecule has 2 aromatic carbocycles. The number of nitrogens with two attached hydrogens (primary N) is 1. The molecular weight excluding hydrogens is 505 g/mol. The molecule has 0 amide bonds. The zero-order chi connectivity index (χ0) is 28.9. The van der Waals surface area contributed by atoms with Gasteiger partial charge in [-0.3, -0.25) is 4.99 Å². The summed E-state index contributed by atoms with van der Waals surface area (Å²) in [7, 11) is 2.09. The van der Waals surface area contributed by atoms with E-state index in [9.17, 15) is 0 Å². The van der Waals surface area contributed by atoms with E-state index >= 15 is 4.39 Å². The summed E-state index contributed by atoms with van der Waals surface area (Å²) in [5.41, 5.74) is 12.5. The monoisotopic (exact) mass is 547 g/mol. The van der Waals surface area contributed by atoms with Gasteiger partial charge < -0.3 is 20.9 Å². The van der Waals surface area contributed by atoms with Gasteiger partial charge in [0.2, 0.25) is 0 Å². The number of hydrogen-bond donors (Lipinski definition) is 2. The Kier molecular flexibility index (Phi) is 12.8. The molecule has 3 N–H and O–H groups in total. The fourth-order valence-electron chi connectivity index (χ4n) is 3.91. The summed E-state index contributed by atoms with van der Waals surface area (Å²) >= 11 is 1.63. The first-order chi connectivity index (χ1) is 18.6. The van der Waals surface area contributed by atoms with E-state index in [2.05, 4.69) is 85.4 Å². The number of aliphatic imine (C=N–C) groups is 2. The largest absolute Gasteiger partial charge is 0.399 e. The van der Waals surface area contributed by atoms with Crippen molar-refractivity contribution in [3.8, 4) is 0 Å². The van der Waals surface area contributed by atoms with E-state index in [1.54, 1.807) is 30.0 Å². The van der Waals surface area contributed by atoms with Gasteiger partial charge in [0.25, 0.3) is 0 Å². The Morgan fingerprint density at radius 3 is 2.44 bits per heavy atom. The predicted octanol–water partition coefficient (Wildman–Crippen LogP) is 7.43. The van der Waals surface area contributed by atoms with Crippen LogP contribution in [0.3, 0.4) is 0 Å². The van der Waals surface area contributed by atoms with E-state index in [4.69, 9.17) is 5.73 Å². The second kappa shape index (κ2) is 15.7. The maximum Gasteiger partial charge on any atom is 0.131 e. The van der Waals surface area contributed by atoms with Crippen molar-refractivity contribution in [3.05, 3.63) is 100 Å². The molecule has 2 aromatic rings. The average Bonchev–Trinajstić information content (AvgIpc) is 2.91. The van der Waals surface area contributed by atoms with Crippen molar-refractivity contribution in [1.82, 2.24) is 5.32 Å². The van der Waals surface area contributed by atoms with E-state index in [0.717, 1.165) is 33.1 Å². The lowest BCUT2D eigenvalue weighted by atomic mass is 9.98. The van der Waals surface area contributed by atoms with E-state index in [1.807, 2.05) is 26.0 Å². The first-order valence-corrected chi connectivity index (χ1v) is 14.0. The molecule has 0 aliphatic carbocycles. The standard InChI is InChI=1S/C32H42FN5S/c1-9-31(34)29(11-10-18-35-6)28-17-12-25(20-30(28)33)19-23(4)37-21-39-24(5)32(36-7)26-13-15-27(16-14-26)38(8)22(2)3/h9,11-17,20,22,37H,4,6-7,10,18-19,21,34H2,1-3,5,8H3/b29-11+,31-9-,32-24-. The summed E-state index contributed by atoms with van der Waals surface area (Å²) in [6, 6.07) is 14.0. The molecule has 0 radical (unpaired) electrons. The van der Waals surface area contributed by atoms with Crippen LogP contribution in [-0.4, -0.2) is 38.9 Å². The summed E-state index contributed by atoms with van der Waals surface area (Å²) in [6.07, 6.45) is 4.83. The fraction of sp³-hybridized carbons (Fsp3) is 0.312. The number of allylic oxidation sites excluding steroid dienone is 4. The van der Waals surface area contributed by atoms with Crippen LogP contribution >= 0.6 is 11.8 Å². The van der Waals surface area contributed by atoms with Crippen molar-refractivity contribution in [3.63, 3.8) is 0 Å². The first kappa shape index (κ1) is 31.6. The van der Waals surface area contributed by atoms with Crippen molar-refractivity contribution in [1.29, 1.82) is 0 Å². The van der Waals surface area contributed by atoms with Gasteiger partial charge in [0.1, 0.15) is 5.82 Å². The second-order valence-corrected chi connectivity index (χ2v) is 10.7. The third-order valence-corrected chi connectivity index (χ3v) is 7.34. The van der Waals surface area contributed by atoms with Crippen molar-refractivity contribution in [2.45, 2.75) is 46.6 Å². The Bertz CT molecular complexity index is 1240. The van der Waals surface area contributed by atoms with Crippen LogP contribution in [0.4, 0.5) is 10.1 Å².